The van der Waals surface area contributed by atoms with Crippen molar-refractivity contribution < 1.29 is 9.63 Å². The number of aryl methyl sites for hydroxylation is 1. The van der Waals surface area contributed by atoms with Crippen molar-refractivity contribution >= 4 is 21.8 Å². The van der Waals surface area contributed by atoms with Crippen LogP contribution in [0.25, 0.3) is 0 Å². The van der Waals surface area contributed by atoms with E-state index in [0.29, 0.717) is 12.2 Å². The van der Waals surface area contributed by atoms with E-state index in [1.165, 1.54) is 10.6 Å². The number of carbonyl (C=O) groups is 1. The van der Waals surface area contributed by atoms with Crippen molar-refractivity contribution in [2.24, 2.45) is 0 Å². The lowest BCUT2D eigenvalue weighted by molar-refractivity contribution is -0.116. The van der Waals surface area contributed by atoms with Gasteiger partial charge in [0.2, 0.25) is 0 Å². The maximum absolute atomic E-state index is 12.3. The first-order chi connectivity index (χ1) is 10.7. The van der Waals surface area contributed by atoms with Crippen molar-refractivity contribution in [1.82, 2.24) is 5.06 Å². The largest absolute Gasteiger partial charge is 0.277 e. The Morgan fingerprint density at radius 3 is 2.36 bits per heavy atom. The molecule has 2 rings (SSSR count). The molecule has 0 aliphatic carbocycles. The fourth-order valence-corrected chi connectivity index (χ4v) is 2.35. The van der Waals surface area contributed by atoms with Crippen molar-refractivity contribution in [1.29, 1.82) is 0 Å². The molecule has 3 nitrogen and oxygen atoms in total. The molecule has 0 spiro atoms. The van der Waals surface area contributed by atoms with Gasteiger partial charge in [-0.3, -0.25) is 9.63 Å². The molecule has 0 saturated heterocycles. The molecule has 22 heavy (non-hydrogen) atoms. The third-order valence-electron chi connectivity index (χ3n) is 3.35. The molecule has 0 bridgehead atoms. The zero-order valence-electron chi connectivity index (χ0n) is 12.7. The minimum Gasteiger partial charge on any atom is -0.267 e. The lowest BCUT2D eigenvalue weighted by Gasteiger charge is -2.17. The van der Waals surface area contributed by atoms with Crippen LogP contribution in [0.1, 0.15) is 27.9 Å². The summed E-state index contributed by atoms with van der Waals surface area (Å²) >= 11 is 3.42. The number of hydrogen-bond donors (Lipinski definition) is 0. The summed E-state index contributed by atoms with van der Waals surface area (Å²) in [5, 5.41) is 2.28. The molecule has 0 fully saturated rings. The van der Waals surface area contributed by atoms with Gasteiger partial charge in [-0.1, -0.05) is 58.4 Å². The predicted molar refractivity (Wildman–Crippen MR) is 91.9 cm³/mol. The Kier molecular flexibility index (Phi) is 6.62. The van der Waals surface area contributed by atoms with Gasteiger partial charge < -0.3 is 0 Å². The second-order valence-corrected chi connectivity index (χ2v) is 5.84. The second-order valence-electron chi connectivity index (χ2n) is 5.05. The zero-order chi connectivity index (χ0) is 15.8. The summed E-state index contributed by atoms with van der Waals surface area (Å²) < 4.78 is 0. The van der Waals surface area contributed by atoms with Gasteiger partial charge in [-0.25, -0.2) is 5.06 Å². The van der Waals surface area contributed by atoms with Crippen LogP contribution >= 0.6 is 15.9 Å². The van der Waals surface area contributed by atoms with E-state index in [0.717, 1.165) is 23.7 Å². The van der Waals surface area contributed by atoms with Crippen LogP contribution in [0.4, 0.5) is 0 Å². The Balaban J connectivity index is 1.89. The van der Waals surface area contributed by atoms with Gasteiger partial charge in [0.1, 0.15) is 6.61 Å². The predicted octanol–water partition coefficient (Wildman–Crippen LogP) is 4.22. The lowest BCUT2D eigenvalue weighted by atomic mass is 10.1. The monoisotopic (exact) mass is 361 g/mol. The number of nitrogens with zero attached hydrogens (tertiary/aromatic N) is 1. The highest BCUT2D eigenvalue weighted by molar-refractivity contribution is 9.09. The van der Waals surface area contributed by atoms with E-state index >= 15 is 0 Å². The number of hydroxylamine groups is 2. The maximum atomic E-state index is 12.3. The van der Waals surface area contributed by atoms with Crippen LogP contribution in [0.5, 0.6) is 0 Å². The highest BCUT2D eigenvalue weighted by Crippen LogP contribution is 2.11. The highest BCUT2D eigenvalue weighted by Gasteiger charge is 2.12. The average molecular weight is 362 g/mol. The van der Waals surface area contributed by atoms with E-state index in [1.54, 1.807) is 7.05 Å². The third kappa shape index (κ3) is 4.97. The smallest absolute Gasteiger partial charge is 0.267 e. The van der Waals surface area contributed by atoms with Gasteiger partial charge in [-0.15, -0.1) is 0 Å². The topological polar surface area (TPSA) is 29.5 Å². The van der Waals surface area contributed by atoms with E-state index in [-0.39, 0.29) is 5.91 Å². The molecular weight excluding hydrogens is 342 g/mol. The maximum Gasteiger partial charge on any atom is 0.277 e. The summed E-state index contributed by atoms with van der Waals surface area (Å²) in [6, 6.07) is 17.5. The van der Waals surface area contributed by atoms with Gasteiger partial charge in [0, 0.05) is 17.9 Å². The fraction of sp³-hybridized carbons (Fsp3) is 0.278. The Labute approximate surface area is 140 Å². The van der Waals surface area contributed by atoms with E-state index in [1.807, 2.05) is 54.6 Å². The Morgan fingerprint density at radius 1 is 1.05 bits per heavy atom. The number of hydrogen-bond acceptors (Lipinski definition) is 2. The molecule has 0 aromatic heterocycles. The van der Waals surface area contributed by atoms with Crippen molar-refractivity contribution in [3.05, 3.63) is 71.3 Å². The Hall–Kier alpha value is -1.65. The van der Waals surface area contributed by atoms with Crippen LogP contribution in [-0.4, -0.2) is 23.3 Å². The zero-order valence-corrected chi connectivity index (χ0v) is 14.3. The van der Waals surface area contributed by atoms with Crippen molar-refractivity contribution in [3.63, 3.8) is 0 Å². The minimum absolute atomic E-state index is 0.136. The quantitative estimate of drug-likeness (QED) is 0.545. The van der Waals surface area contributed by atoms with Crippen LogP contribution in [0.3, 0.4) is 0 Å². The summed E-state index contributed by atoms with van der Waals surface area (Å²) in [4.78, 5) is 17.8. The first-order valence-corrected chi connectivity index (χ1v) is 8.42. The van der Waals surface area contributed by atoms with Gasteiger partial charge in [0.25, 0.3) is 5.91 Å². The molecular formula is C18H20BrNO2. The molecule has 2 aromatic rings. The minimum atomic E-state index is -0.136. The molecule has 0 aliphatic heterocycles. The average Bonchev–Trinajstić information content (AvgIpc) is 2.58. The molecule has 0 heterocycles. The van der Waals surface area contributed by atoms with Gasteiger partial charge in [-0.05, 0) is 36.1 Å². The molecule has 0 atom stereocenters. The molecule has 0 N–H and O–H groups in total. The molecule has 0 radical (unpaired) electrons. The SMILES string of the molecule is CN(OCc1ccccc1)C(=O)c1ccc(CCCBr)cc1. The Bertz CT molecular complexity index is 584. The van der Waals surface area contributed by atoms with Crippen molar-refractivity contribution in [3.8, 4) is 0 Å². The molecule has 116 valence electrons. The second kappa shape index (κ2) is 8.71. The fourth-order valence-electron chi connectivity index (χ4n) is 2.07. The number of alkyl halides is 1. The van der Waals surface area contributed by atoms with Gasteiger partial charge >= 0.3 is 0 Å². The Morgan fingerprint density at radius 2 is 1.73 bits per heavy atom. The molecule has 0 saturated carbocycles. The van der Waals surface area contributed by atoms with Gasteiger partial charge in [0.05, 0.1) is 0 Å². The number of rotatable bonds is 7. The van der Waals surface area contributed by atoms with E-state index in [9.17, 15) is 4.79 Å². The molecule has 2 aromatic carbocycles. The summed E-state index contributed by atoms with van der Waals surface area (Å²) in [6.45, 7) is 0.381. The van der Waals surface area contributed by atoms with Crippen LogP contribution in [0, 0.1) is 0 Å². The first kappa shape index (κ1) is 16.7. The number of halogens is 1. The van der Waals surface area contributed by atoms with E-state index in [4.69, 9.17) is 4.84 Å². The first-order valence-electron chi connectivity index (χ1n) is 7.30. The van der Waals surface area contributed by atoms with Crippen LogP contribution in [0.2, 0.25) is 0 Å². The molecule has 4 heteroatoms. The van der Waals surface area contributed by atoms with Gasteiger partial charge in [0.15, 0.2) is 0 Å². The van der Waals surface area contributed by atoms with Crippen LogP contribution in [-0.2, 0) is 17.9 Å². The van der Waals surface area contributed by atoms with Crippen LogP contribution < -0.4 is 0 Å². The van der Waals surface area contributed by atoms with Crippen LogP contribution in [0.15, 0.2) is 54.6 Å². The summed E-state index contributed by atoms with van der Waals surface area (Å²) in [7, 11) is 1.64. The van der Waals surface area contributed by atoms with E-state index < -0.39 is 0 Å². The summed E-state index contributed by atoms with van der Waals surface area (Å²) in [5.74, 6) is -0.136. The van der Waals surface area contributed by atoms with E-state index in [2.05, 4.69) is 15.9 Å². The van der Waals surface area contributed by atoms with Crippen molar-refractivity contribution in [2.45, 2.75) is 19.4 Å². The number of benzene rings is 2. The summed E-state index contributed by atoms with van der Waals surface area (Å²) in [6.07, 6.45) is 2.10. The highest BCUT2D eigenvalue weighted by atomic mass is 79.9. The summed E-state index contributed by atoms with van der Waals surface area (Å²) in [5.41, 5.74) is 2.91. The molecule has 0 aliphatic rings. The van der Waals surface area contributed by atoms with Gasteiger partial charge in [-0.2, -0.15) is 0 Å². The van der Waals surface area contributed by atoms with Crippen molar-refractivity contribution in [2.75, 3.05) is 12.4 Å². The number of carbonyl (C=O) groups excluding carboxylic acids is 1. The molecule has 1 amide bonds. The third-order valence-corrected chi connectivity index (χ3v) is 3.91. The lowest BCUT2D eigenvalue weighted by Crippen LogP contribution is -2.26. The normalized spacial score (nSPS) is 10.5. The standard InChI is InChI=1S/C18H20BrNO2/c1-20(22-14-16-6-3-2-4-7-16)18(21)17-11-9-15(10-12-17)8-5-13-19/h2-4,6-7,9-12H,5,8,13-14H2,1H3. The molecule has 0 unspecified atom stereocenters. The number of amides is 1.